The lowest BCUT2D eigenvalue weighted by Gasteiger charge is -2.15. The number of rotatable bonds is 3. The first kappa shape index (κ1) is 14.2. The number of pyridine rings is 1. The highest BCUT2D eigenvalue weighted by Crippen LogP contribution is 2.30. The number of aryl methyl sites for hydroxylation is 1. The molecule has 0 fully saturated rings. The van der Waals surface area contributed by atoms with Gasteiger partial charge in [-0.15, -0.1) is 0 Å². The minimum absolute atomic E-state index is 0.559. The van der Waals surface area contributed by atoms with Crippen LogP contribution >= 0.6 is 15.9 Å². The zero-order valence-electron chi connectivity index (χ0n) is 11.8. The van der Waals surface area contributed by atoms with Crippen LogP contribution in [0.2, 0.25) is 0 Å². The van der Waals surface area contributed by atoms with Crippen molar-refractivity contribution >= 4 is 26.8 Å². The first-order valence-corrected chi connectivity index (χ1v) is 7.72. The molecule has 0 spiro atoms. The molecule has 0 aliphatic carbocycles. The molecule has 0 bridgehead atoms. The highest BCUT2D eigenvalue weighted by atomic mass is 79.9. The van der Waals surface area contributed by atoms with Crippen LogP contribution < -0.4 is 0 Å². The number of aliphatic hydroxyl groups is 1. The first-order chi connectivity index (χ1) is 10.2. The topological polar surface area (TPSA) is 33.1 Å². The Balaban J connectivity index is 2.01. The van der Waals surface area contributed by atoms with Gasteiger partial charge in [0.2, 0.25) is 0 Å². The number of hydrogen-bond acceptors (Lipinski definition) is 2. The zero-order chi connectivity index (χ0) is 14.8. The third-order valence-corrected chi connectivity index (χ3v) is 4.47. The van der Waals surface area contributed by atoms with Crippen molar-refractivity contribution < 1.29 is 5.11 Å². The molecule has 21 heavy (non-hydrogen) atoms. The molecule has 1 N–H and O–H groups in total. The standard InChI is InChI=1S/C18H16BrNO/c1-12-5-2-3-6-13(12)11-17(21)15-8-9-16(19)14-7-4-10-20-18(14)15/h2-10,17,21H,11H2,1H3. The molecular formula is C18H16BrNO. The summed E-state index contributed by atoms with van der Waals surface area (Å²) in [7, 11) is 0. The van der Waals surface area contributed by atoms with E-state index in [2.05, 4.69) is 40.0 Å². The summed E-state index contributed by atoms with van der Waals surface area (Å²) in [5.74, 6) is 0. The van der Waals surface area contributed by atoms with Gasteiger partial charge in [0.1, 0.15) is 0 Å². The zero-order valence-corrected chi connectivity index (χ0v) is 13.3. The second-order valence-electron chi connectivity index (χ2n) is 5.18. The van der Waals surface area contributed by atoms with Crippen molar-refractivity contribution in [1.82, 2.24) is 4.98 Å². The molecule has 1 atom stereocenters. The van der Waals surface area contributed by atoms with Crippen LogP contribution in [-0.4, -0.2) is 10.1 Å². The van der Waals surface area contributed by atoms with Gasteiger partial charge in [-0.1, -0.05) is 52.3 Å². The number of hydrogen-bond donors (Lipinski definition) is 1. The van der Waals surface area contributed by atoms with Crippen molar-refractivity contribution in [3.63, 3.8) is 0 Å². The highest BCUT2D eigenvalue weighted by molar-refractivity contribution is 9.10. The molecule has 3 rings (SSSR count). The van der Waals surface area contributed by atoms with E-state index in [4.69, 9.17) is 0 Å². The maximum atomic E-state index is 10.6. The fraction of sp³-hybridized carbons (Fsp3) is 0.167. The largest absolute Gasteiger partial charge is 0.388 e. The number of fused-ring (bicyclic) bond motifs is 1. The number of aromatic nitrogens is 1. The Morgan fingerprint density at radius 2 is 1.90 bits per heavy atom. The monoisotopic (exact) mass is 341 g/mol. The number of nitrogens with zero attached hydrogens (tertiary/aromatic N) is 1. The van der Waals surface area contributed by atoms with Crippen molar-refractivity contribution in [3.05, 3.63) is 75.9 Å². The Morgan fingerprint density at radius 3 is 2.71 bits per heavy atom. The van der Waals surface area contributed by atoms with E-state index in [1.54, 1.807) is 6.20 Å². The van der Waals surface area contributed by atoms with Gasteiger partial charge >= 0.3 is 0 Å². The van der Waals surface area contributed by atoms with E-state index >= 15 is 0 Å². The molecule has 0 radical (unpaired) electrons. The second kappa shape index (κ2) is 5.96. The molecular weight excluding hydrogens is 326 g/mol. The lowest BCUT2D eigenvalue weighted by molar-refractivity contribution is 0.179. The number of benzene rings is 2. The van der Waals surface area contributed by atoms with Gasteiger partial charge in [0.25, 0.3) is 0 Å². The van der Waals surface area contributed by atoms with Gasteiger partial charge < -0.3 is 5.11 Å². The normalized spacial score (nSPS) is 12.5. The highest BCUT2D eigenvalue weighted by Gasteiger charge is 2.15. The van der Waals surface area contributed by atoms with Gasteiger partial charge in [-0.05, 0) is 30.2 Å². The van der Waals surface area contributed by atoms with Crippen molar-refractivity contribution in [2.45, 2.75) is 19.4 Å². The molecule has 2 aromatic carbocycles. The van der Waals surface area contributed by atoms with Crippen LogP contribution in [0.3, 0.4) is 0 Å². The Labute approximate surface area is 132 Å². The summed E-state index contributed by atoms with van der Waals surface area (Å²) in [6, 6.07) is 16.0. The Hall–Kier alpha value is -1.71. The van der Waals surface area contributed by atoms with Gasteiger partial charge in [-0.3, -0.25) is 4.98 Å². The fourth-order valence-electron chi connectivity index (χ4n) is 2.59. The van der Waals surface area contributed by atoms with E-state index in [0.717, 1.165) is 26.5 Å². The molecule has 0 aliphatic rings. The summed E-state index contributed by atoms with van der Waals surface area (Å²) in [5, 5.41) is 11.7. The second-order valence-corrected chi connectivity index (χ2v) is 6.04. The van der Waals surface area contributed by atoms with E-state index in [9.17, 15) is 5.11 Å². The Bertz CT molecular complexity index is 785. The third-order valence-electron chi connectivity index (χ3n) is 3.78. The van der Waals surface area contributed by atoms with Gasteiger partial charge in [-0.2, -0.15) is 0 Å². The molecule has 1 heterocycles. The molecule has 0 aliphatic heterocycles. The average molecular weight is 342 g/mol. The van der Waals surface area contributed by atoms with Crippen LogP contribution in [0.5, 0.6) is 0 Å². The van der Waals surface area contributed by atoms with Crippen molar-refractivity contribution in [2.24, 2.45) is 0 Å². The van der Waals surface area contributed by atoms with Crippen LogP contribution in [0.4, 0.5) is 0 Å². The van der Waals surface area contributed by atoms with E-state index in [0.29, 0.717) is 6.42 Å². The van der Waals surface area contributed by atoms with Crippen LogP contribution in [0.15, 0.2) is 59.2 Å². The average Bonchev–Trinajstić information content (AvgIpc) is 2.50. The number of halogens is 1. The van der Waals surface area contributed by atoms with Gasteiger partial charge in [0, 0.05) is 28.0 Å². The predicted octanol–water partition coefficient (Wildman–Crippen LogP) is 4.58. The minimum Gasteiger partial charge on any atom is -0.388 e. The predicted molar refractivity (Wildman–Crippen MR) is 89.3 cm³/mol. The van der Waals surface area contributed by atoms with Crippen molar-refractivity contribution in [1.29, 1.82) is 0 Å². The summed E-state index contributed by atoms with van der Waals surface area (Å²) in [5.41, 5.74) is 4.09. The molecule has 0 saturated heterocycles. The smallest absolute Gasteiger partial charge is 0.0851 e. The fourth-order valence-corrected chi connectivity index (χ4v) is 3.04. The Morgan fingerprint density at radius 1 is 1.10 bits per heavy atom. The first-order valence-electron chi connectivity index (χ1n) is 6.92. The summed E-state index contributed by atoms with van der Waals surface area (Å²) in [4.78, 5) is 4.44. The Kier molecular flexibility index (Phi) is 4.04. The summed E-state index contributed by atoms with van der Waals surface area (Å²) in [6.07, 6.45) is 1.80. The van der Waals surface area contributed by atoms with Gasteiger partial charge in [0.15, 0.2) is 0 Å². The molecule has 0 saturated carbocycles. The van der Waals surface area contributed by atoms with Crippen LogP contribution in [0.25, 0.3) is 10.9 Å². The maximum Gasteiger partial charge on any atom is 0.0851 e. The SMILES string of the molecule is Cc1ccccc1CC(O)c1ccc(Br)c2cccnc12. The van der Waals surface area contributed by atoms with Crippen LogP contribution in [-0.2, 0) is 6.42 Å². The molecule has 2 nitrogen and oxygen atoms in total. The van der Waals surface area contributed by atoms with E-state index in [1.807, 2.05) is 36.4 Å². The maximum absolute atomic E-state index is 10.6. The van der Waals surface area contributed by atoms with Crippen LogP contribution in [0, 0.1) is 6.92 Å². The quantitative estimate of drug-likeness (QED) is 0.756. The lowest BCUT2D eigenvalue weighted by atomic mass is 9.96. The van der Waals surface area contributed by atoms with Crippen molar-refractivity contribution in [3.8, 4) is 0 Å². The van der Waals surface area contributed by atoms with Crippen molar-refractivity contribution in [2.75, 3.05) is 0 Å². The molecule has 3 aromatic rings. The minimum atomic E-state index is -0.559. The summed E-state index contributed by atoms with van der Waals surface area (Å²) >= 11 is 3.54. The summed E-state index contributed by atoms with van der Waals surface area (Å²) in [6.45, 7) is 2.07. The van der Waals surface area contributed by atoms with E-state index in [1.165, 1.54) is 5.56 Å². The molecule has 3 heteroatoms. The molecule has 1 unspecified atom stereocenters. The third kappa shape index (κ3) is 2.85. The van der Waals surface area contributed by atoms with Crippen LogP contribution in [0.1, 0.15) is 22.8 Å². The molecule has 0 amide bonds. The van der Waals surface area contributed by atoms with Gasteiger partial charge in [-0.25, -0.2) is 0 Å². The van der Waals surface area contributed by atoms with E-state index in [-0.39, 0.29) is 0 Å². The molecule has 1 aromatic heterocycles. The summed E-state index contributed by atoms with van der Waals surface area (Å²) < 4.78 is 0.998. The van der Waals surface area contributed by atoms with E-state index < -0.39 is 6.10 Å². The number of aliphatic hydroxyl groups excluding tert-OH is 1. The molecule has 106 valence electrons. The van der Waals surface area contributed by atoms with Gasteiger partial charge in [0.05, 0.1) is 11.6 Å². The lowest BCUT2D eigenvalue weighted by Crippen LogP contribution is -2.04.